The van der Waals surface area contributed by atoms with Crippen LogP contribution in [0.1, 0.15) is 16.7 Å². The fourth-order valence-electron chi connectivity index (χ4n) is 3.33. The molecule has 0 unspecified atom stereocenters. The molecular weight excluding hydrogens is 262 g/mol. The summed E-state index contributed by atoms with van der Waals surface area (Å²) in [6.45, 7) is 0.622. The van der Waals surface area contributed by atoms with Crippen LogP contribution in [-0.4, -0.2) is 20.8 Å². The summed E-state index contributed by atoms with van der Waals surface area (Å²) < 4.78 is 10.8. The number of fused-ring (bicyclic) bond motifs is 1. The van der Waals surface area contributed by atoms with E-state index >= 15 is 0 Å². The topological polar surface area (TPSA) is 44.5 Å². The molecule has 3 nitrogen and oxygen atoms in total. The maximum absolute atomic E-state index is 6.17. The third-order valence-electron chi connectivity index (χ3n) is 4.56. The largest absolute Gasteiger partial charge is 0.493 e. The van der Waals surface area contributed by atoms with Gasteiger partial charge in [-0.3, -0.25) is 0 Å². The van der Waals surface area contributed by atoms with Crippen LogP contribution < -0.4 is 15.2 Å². The Morgan fingerprint density at radius 2 is 1.57 bits per heavy atom. The van der Waals surface area contributed by atoms with Crippen molar-refractivity contribution in [1.82, 2.24) is 0 Å². The highest BCUT2D eigenvalue weighted by molar-refractivity contribution is 5.49. The zero-order valence-corrected chi connectivity index (χ0v) is 12.6. The Morgan fingerprint density at radius 1 is 0.952 bits per heavy atom. The van der Waals surface area contributed by atoms with E-state index in [1.54, 1.807) is 14.2 Å². The van der Waals surface area contributed by atoms with E-state index in [0.717, 1.165) is 24.3 Å². The van der Waals surface area contributed by atoms with Gasteiger partial charge in [-0.05, 0) is 41.7 Å². The van der Waals surface area contributed by atoms with E-state index in [-0.39, 0.29) is 5.41 Å². The quantitative estimate of drug-likeness (QED) is 0.938. The van der Waals surface area contributed by atoms with E-state index in [1.807, 2.05) is 6.07 Å². The molecule has 2 aromatic rings. The number of nitrogens with two attached hydrogens (primary N) is 1. The number of methoxy groups -OCH3 is 2. The van der Waals surface area contributed by atoms with Crippen molar-refractivity contribution in [3.8, 4) is 11.5 Å². The maximum Gasteiger partial charge on any atom is 0.161 e. The maximum atomic E-state index is 6.17. The Morgan fingerprint density at radius 3 is 2.10 bits per heavy atom. The van der Waals surface area contributed by atoms with Crippen molar-refractivity contribution >= 4 is 0 Å². The second-order valence-corrected chi connectivity index (χ2v) is 5.68. The molecule has 0 saturated carbocycles. The van der Waals surface area contributed by atoms with Crippen LogP contribution in [0.25, 0.3) is 0 Å². The molecule has 0 aliphatic heterocycles. The van der Waals surface area contributed by atoms with Crippen molar-refractivity contribution in [3.63, 3.8) is 0 Å². The number of hydrogen-bond donors (Lipinski definition) is 1. The monoisotopic (exact) mass is 283 g/mol. The molecule has 0 amide bonds. The smallest absolute Gasteiger partial charge is 0.161 e. The Balaban J connectivity index is 2.02. The minimum atomic E-state index is -0.0385. The van der Waals surface area contributed by atoms with Crippen LogP contribution in [0.5, 0.6) is 11.5 Å². The highest BCUT2D eigenvalue weighted by Crippen LogP contribution is 2.41. The van der Waals surface area contributed by atoms with Crippen LogP contribution >= 0.6 is 0 Å². The van der Waals surface area contributed by atoms with E-state index in [1.165, 1.54) is 16.7 Å². The van der Waals surface area contributed by atoms with Crippen LogP contribution in [0.2, 0.25) is 0 Å². The molecule has 1 aliphatic carbocycles. The van der Waals surface area contributed by atoms with Gasteiger partial charge < -0.3 is 15.2 Å². The molecule has 0 radical (unpaired) electrons. The van der Waals surface area contributed by atoms with Gasteiger partial charge in [0.15, 0.2) is 11.5 Å². The Bertz CT molecular complexity index is 626. The lowest BCUT2D eigenvalue weighted by atomic mass is 9.77. The first kappa shape index (κ1) is 14.0. The van der Waals surface area contributed by atoms with Crippen LogP contribution in [-0.2, 0) is 18.3 Å². The van der Waals surface area contributed by atoms with Crippen LogP contribution in [0.4, 0.5) is 0 Å². The molecule has 0 heterocycles. The van der Waals surface area contributed by atoms with Gasteiger partial charge in [0.25, 0.3) is 0 Å². The number of hydrogen-bond acceptors (Lipinski definition) is 3. The molecule has 1 aliphatic rings. The van der Waals surface area contributed by atoms with Gasteiger partial charge in [0.05, 0.1) is 14.2 Å². The molecule has 21 heavy (non-hydrogen) atoms. The molecule has 3 rings (SSSR count). The molecule has 2 N–H and O–H groups in total. The predicted molar refractivity (Wildman–Crippen MR) is 84.1 cm³/mol. The lowest BCUT2D eigenvalue weighted by Gasteiger charge is -2.28. The molecular formula is C18H21NO2. The van der Waals surface area contributed by atoms with Gasteiger partial charge >= 0.3 is 0 Å². The molecule has 3 heteroatoms. The molecule has 0 aromatic heterocycles. The minimum absolute atomic E-state index is 0.0385. The number of ether oxygens (including phenoxy) is 2. The van der Waals surface area contributed by atoms with Gasteiger partial charge in [0, 0.05) is 12.0 Å². The normalized spacial score (nSPS) is 15.6. The van der Waals surface area contributed by atoms with E-state index in [4.69, 9.17) is 15.2 Å². The third kappa shape index (κ3) is 2.28. The molecule has 0 saturated heterocycles. The molecule has 0 fully saturated rings. The Labute approximate surface area is 125 Å². The molecule has 2 aromatic carbocycles. The van der Waals surface area contributed by atoms with Crippen molar-refractivity contribution in [2.24, 2.45) is 5.73 Å². The molecule has 0 atom stereocenters. The Kier molecular flexibility index (Phi) is 3.60. The van der Waals surface area contributed by atoms with Gasteiger partial charge in [0.2, 0.25) is 0 Å². The lowest BCUT2D eigenvalue weighted by molar-refractivity contribution is 0.352. The van der Waals surface area contributed by atoms with E-state index in [0.29, 0.717) is 6.54 Å². The van der Waals surface area contributed by atoms with Crippen molar-refractivity contribution in [1.29, 1.82) is 0 Å². The summed E-state index contributed by atoms with van der Waals surface area (Å²) in [4.78, 5) is 0. The number of benzene rings is 2. The summed E-state index contributed by atoms with van der Waals surface area (Å²) in [5, 5.41) is 0. The average Bonchev–Trinajstić information content (AvgIpc) is 2.94. The summed E-state index contributed by atoms with van der Waals surface area (Å²) in [5.74, 6) is 1.52. The van der Waals surface area contributed by atoms with Gasteiger partial charge in [-0.2, -0.15) is 0 Å². The SMILES string of the molecule is COc1ccc(C2(CN)Cc3ccccc3C2)cc1OC. The van der Waals surface area contributed by atoms with Gasteiger partial charge in [0.1, 0.15) is 0 Å². The first-order valence-corrected chi connectivity index (χ1v) is 7.22. The zero-order valence-electron chi connectivity index (χ0n) is 12.6. The van der Waals surface area contributed by atoms with E-state index < -0.39 is 0 Å². The van der Waals surface area contributed by atoms with Crippen LogP contribution in [0.3, 0.4) is 0 Å². The summed E-state index contributed by atoms with van der Waals surface area (Å²) >= 11 is 0. The Hall–Kier alpha value is -2.00. The van der Waals surface area contributed by atoms with Crippen LogP contribution in [0.15, 0.2) is 42.5 Å². The fraction of sp³-hybridized carbons (Fsp3) is 0.333. The lowest BCUT2D eigenvalue weighted by Crippen LogP contribution is -2.36. The predicted octanol–water partition coefficient (Wildman–Crippen LogP) is 2.70. The summed E-state index contributed by atoms with van der Waals surface area (Å²) in [6.07, 6.45) is 1.96. The fourth-order valence-corrected chi connectivity index (χ4v) is 3.33. The van der Waals surface area contributed by atoms with E-state index in [2.05, 4.69) is 36.4 Å². The molecule has 110 valence electrons. The minimum Gasteiger partial charge on any atom is -0.493 e. The molecule has 0 bridgehead atoms. The van der Waals surface area contributed by atoms with Crippen LogP contribution in [0, 0.1) is 0 Å². The zero-order chi connectivity index (χ0) is 14.9. The standard InChI is InChI=1S/C18H21NO2/c1-20-16-8-7-15(9-17(16)21-2)18(12-19)10-13-5-3-4-6-14(13)11-18/h3-9H,10-12,19H2,1-2H3. The first-order valence-electron chi connectivity index (χ1n) is 7.22. The van der Waals surface area contributed by atoms with Gasteiger partial charge in [-0.1, -0.05) is 30.3 Å². The second kappa shape index (κ2) is 5.41. The van der Waals surface area contributed by atoms with Crippen molar-refractivity contribution in [3.05, 3.63) is 59.2 Å². The second-order valence-electron chi connectivity index (χ2n) is 5.68. The third-order valence-corrected chi connectivity index (χ3v) is 4.56. The molecule has 0 spiro atoms. The average molecular weight is 283 g/mol. The number of rotatable bonds is 4. The highest BCUT2D eigenvalue weighted by atomic mass is 16.5. The van der Waals surface area contributed by atoms with Crippen molar-refractivity contribution in [2.75, 3.05) is 20.8 Å². The highest BCUT2D eigenvalue weighted by Gasteiger charge is 2.38. The van der Waals surface area contributed by atoms with E-state index in [9.17, 15) is 0 Å². The van der Waals surface area contributed by atoms with Crippen molar-refractivity contribution in [2.45, 2.75) is 18.3 Å². The summed E-state index contributed by atoms with van der Waals surface area (Å²) in [5.41, 5.74) is 10.2. The van der Waals surface area contributed by atoms with Crippen molar-refractivity contribution < 1.29 is 9.47 Å². The van der Waals surface area contributed by atoms with Gasteiger partial charge in [-0.15, -0.1) is 0 Å². The summed E-state index contributed by atoms with van der Waals surface area (Å²) in [6, 6.07) is 14.7. The van der Waals surface area contributed by atoms with Gasteiger partial charge in [-0.25, -0.2) is 0 Å². The summed E-state index contributed by atoms with van der Waals surface area (Å²) in [7, 11) is 3.32. The first-order chi connectivity index (χ1) is 10.2.